The summed E-state index contributed by atoms with van der Waals surface area (Å²) in [6, 6.07) is 2.12. The van der Waals surface area contributed by atoms with Gasteiger partial charge in [0, 0.05) is 4.88 Å². The van der Waals surface area contributed by atoms with Crippen LogP contribution >= 0.6 is 11.5 Å². The van der Waals surface area contributed by atoms with Gasteiger partial charge in [0.1, 0.15) is 6.33 Å². The summed E-state index contributed by atoms with van der Waals surface area (Å²) < 4.78 is 2.05. The largest absolute Gasteiger partial charge is 0.254 e. The van der Waals surface area contributed by atoms with Crippen molar-refractivity contribution < 1.29 is 0 Å². The lowest BCUT2D eigenvalue weighted by atomic mass is 10.5. The zero-order valence-corrected chi connectivity index (χ0v) is 5.85. The van der Waals surface area contributed by atoms with Gasteiger partial charge in [0.2, 0.25) is 0 Å². The Morgan fingerprint density at radius 3 is 3.33 bits per heavy atom. The molecule has 9 heavy (non-hydrogen) atoms. The summed E-state index contributed by atoms with van der Waals surface area (Å²) in [4.78, 5) is 5.30. The topological polar surface area (TPSA) is 17.3 Å². The van der Waals surface area contributed by atoms with Gasteiger partial charge in [0.25, 0.3) is 0 Å². The zero-order valence-electron chi connectivity index (χ0n) is 5.03. The lowest BCUT2D eigenvalue weighted by Gasteiger charge is -1.73. The van der Waals surface area contributed by atoms with Crippen LogP contribution in [0.15, 0.2) is 18.6 Å². The Morgan fingerprint density at radius 2 is 2.56 bits per heavy atom. The van der Waals surface area contributed by atoms with Crippen LogP contribution in [0, 0.1) is 6.92 Å². The third-order valence-corrected chi connectivity index (χ3v) is 2.13. The first-order chi connectivity index (χ1) is 4.36. The fraction of sp³-hybridized carbons (Fsp3) is 0.167. The van der Waals surface area contributed by atoms with E-state index in [0.717, 1.165) is 0 Å². The van der Waals surface area contributed by atoms with E-state index in [2.05, 4.69) is 21.8 Å². The molecule has 0 bridgehead atoms. The molecule has 0 atom stereocenters. The third-order valence-electron chi connectivity index (χ3n) is 1.23. The van der Waals surface area contributed by atoms with Gasteiger partial charge in [-0.1, -0.05) is 11.5 Å². The Bertz CT molecular complexity index is 292. The van der Waals surface area contributed by atoms with E-state index < -0.39 is 0 Å². The molecule has 3 heteroatoms. The SMILES string of the molecule is Cc1cc2cncn2s1. The highest BCUT2D eigenvalue weighted by atomic mass is 32.1. The van der Waals surface area contributed by atoms with Crippen molar-refractivity contribution in [2.75, 3.05) is 0 Å². The van der Waals surface area contributed by atoms with Crippen LogP contribution < -0.4 is 0 Å². The van der Waals surface area contributed by atoms with E-state index >= 15 is 0 Å². The first-order valence-corrected chi connectivity index (χ1v) is 3.52. The maximum absolute atomic E-state index is 3.98. The summed E-state index contributed by atoms with van der Waals surface area (Å²) in [5.41, 5.74) is 1.19. The van der Waals surface area contributed by atoms with Gasteiger partial charge in [-0.15, -0.1) is 0 Å². The Hall–Kier alpha value is -0.830. The molecule has 0 fully saturated rings. The predicted octanol–water partition coefficient (Wildman–Crippen LogP) is 1.70. The van der Waals surface area contributed by atoms with Gasteiger partial charge in [0.05, 0.1) is 11.7 Å². The fourth-order valence-electron chi connectivity index (χ4n) is 0.861. The summed E-state index contributed by atoms with van der Waals surface area (Å²) in [5.74, 6) is 0. The molecule has 2 nitrogen and oxygen atoms in total. The molecule has 0 N–H and O–H groups in total. The minimum atomic E-state index is 1.19. The summed E-state index contributed by atoms with van der Waals surface area (Å²) >= 11 is 1.71. The van der Waals surface area contributed by atoms with Gasteiger partial charge < -0.3 is 0 Å². The molecule has 0 saturated heterocycles. The van der Waals surface area contributed by atoms with Crippen LogP contribution in [0.5, 0.6) is 0 Å². The molecule has 0 amide bonds. The highest BCUT2D eigenvalue weighted by Crippen LogP contribution is 2.12. The maximum atomic E-state index is 3.98. The number of aromatic nitrogens is 2. The molecule has 46 valence electrons. The van der Waals surface area contributed by atoms with Crippen molar-refractivity contribution >= 4 is 17.0 Å². The van der Waals surface area contributed by atoms with Gasteiger partial charge in [0.15, 0.2) is 0 Å². The molecular formula is C6H6N2S. The van der Waals surface area contributed by atoms with Gasteiger partial charge >= 0.3 is 0 Å². The van der Waals surface area contributed by atoms with Crippen molar-refractivity contribution in [3.8, 4) is 0 Å². The molecule has 0 unspecified atom stereocenters. The second kappa shape index (κ2) is 1.57. The van der Waals surface area contributed by atoms with E-state index in [1.165, 1.54) is 10.4 Å². The Balaban J connectivity index is 2.92. The standard InChI is InChI=1S/C6H6N2S/c1-5-2-6-3-7-4-8(6)9-5/h2-4H,1H3. The molecule has 0 aliphatic rings. The number of aryl methyl sites for hydroxylation is 1. The molecule has 2 rings (SSSR count). The molecule has 2 aromatic rings. The number of imidazole rings is 1. The number of fused-ring (bicyclic) bond motifs is 1. The average molecular weight is 138 g/mol. The number of rotatable bonds is 0. The molecule has 0 aliphatic heterocycles. The molecule has 0 spiro atoms. The molecule has 0 aliphatic carbocycles. The Labute approximate surface area is 56.9 Å². The zero-order chi connectivity index (χ0) is 6.27. The molecule has 2 aromatic heterocycles. The normalized spacial score (nSPS) is 10.8. The fourth-order valence-corrected chi connectivity index (χ4v) is 1.65. The molecule has 2 heterocycles. The molecular weight excluding hydrogens is 132 g/mol. The van der Waals surface area contributed by atoms with Crippen molar-refractivity contribution in [1.82, 2.24) is 8.77 Å². The third kappa shape index (κ3) is 0.650. The Morgan fingerprint density at radius 1 is 1.67 bits per heavy atom. The molecule has 0 saturated carbocycles. The van der Waals surface area contributed by atoms with Crippen molar-refractivity contribution in [3.63, 3.8) is 0 Å². The van der Waals surface area contributed by atoms with Gasteiger partial charge in [-0.05, 0) is 13.0 Å². The minimum absolute atomic E-state index is 1.19. The van der Waals surface area contributed by atoms with Crippen molar-refractivity contribution in [2.45, 2.75) is 6.92 Å². The summed E-state index contributed by atoms with van der Waals surface area (Å²) in [6.45, 7) is 2.09. The number of hydrogen-bond donors (Lipinski definition) is 0. The number of hydrogen-bond acceptors (Lipinski definition) is 2. The van der Waals surface area contributed by atoms with Gasteiger partial charge in [-0.25, -0.2) is 4.98 Å². The van der Waals surface area contributed by atoms with Crippen LogP contribution in [0.4, 0.5) is 0 Å². The van der Waals surface area contributed by atoms with Gasteiger partial charge in [-0.2, -0.15) is 0 Å². The first-order valence-electron chi connectivity index (χ1n) is 2.75. The lowest BCUT2D eigenvalue weighted by molar-refractivity contribution is 1.28. The van der Waals surface area contributed by atoms with E-state index in [1.807, 2.05) is 12.5 Å². The second-order valence-electron chi connectivity index (χ2n) is 1.99. The highest BCUT2D eigenvalue weighted by Gasteiger charge is 1.94. The lowest BCUT2D eigenvalue weighted by Crippen LogP contribution is -1.61. The monoisotopic (exact) mass is 138 g/mol. The number of nitrogens with zero attached hydrogens (tertiary/aromatic N) is 2. The van der Waals surface area contributed by atoms with Crippen molar-refractivity contribution in [2.24, 2.45) is 0 Å². The summed E-state index contributed by atoms with van der Waals surface area (Å²) in [5, 5.41) is 0. The smallest absolute Gasteiger partial charge is 0.109 e. The van der Waals surface area contributed by atoms with Crippen LogP contribution in [0.25, 0.3) is 5.52 Å². The van der Waals surface area contributed by atoms with Crippen molar-refractivity contribution in [1.29, 1.82) is 0 Å². The van der Waals surface area contributed by atoms with Crippen LogP contribution in [0.3, 0.4) is 0 Å². The van der Waals surface area contributed by atoms with E-state index in [0.29, 0.717) is 0 Å². The van der Waals surface area contributed by atoms with Crippen LogP contribution in [0.2, 0.25) is 0 Å². The van der Waals surface area contributed by atoms with Crippen LogP contribution in [-0.4, -0.2) is 8.77 Å². The highest BCUT2D eigenvalue weighted by molar-refractivity contribution is 7.06. The van der Waals surface area contributed by atoms with E-state index in [-0.39, 0.29) is 0 Å². The summed E-state index contributed by atoms with van der Waals surface area (Å²) in [6.07, 6.45) is 3.69. The van der Waals surface area contributed by atoms with Gasteiger partial charge in [-0.3, -0.25) is 3.79 Å². The molecule has 0 aromatic carbocycles. The van der Waals surface area contributed by atoms with E-state index in [9.17, 15) is 0 Å². The first kappa shape index (κ1) is 4.99. The van der Waals surface area contributed by atoms with E-state index in [1.54, 1.807) is 11.5 Å². The maximum Gasteiger partial charge on any atom is 0.109 e. The molecule has 0 radical (unpaired) electrons. The van der Waals surface area contributed by atoms with Crippen molar-refractivity contribution in [3.05, 3.63) is 23.5 Å². The second-order valence-corrected chi connectivity index (χ2v) is 3.21. The average Bonchev–Trinajstić information content (AvgIpc) is 2.22. The minimum Gasteiger partial charge on any atom is -0.254 e. The predicted molar refractivity (Wildman–Crippen MR) is 37.8 cm³/mol. The summed E-state index contributed by atoms with van der Waals surface area (Å²) in [7, 11) is 0. The Kier molecular flexibility index (Phi) is 0.873. The quantitative estimate of drug-likeness (QED) is 0.541. The van der Waals surface area contributed by atoms with E-state index in [4.69, 9.17) is 0 Å². The van der Waals surface area contributed by atoms with Crippen LogP contribution in [0.1, 0.15) is 4.88 Å². The van der Waals surface area contributed by atoms with Crippen LogP contribution in [-0.2, 0) is 0 Å².